The van der Waals surface area contributed by atoms with E-state index < -0.39 is 6.09 Å². The average molecular weight is 296 g/mol. The topological polar surface area (TPSA) is 77.2 Å². The van der Waals surface area contributed by atoms with E-state index in [-0.39, 0.29) is 0 Å². The maximum Gasteiger partial charge on any atom is 0.407 e. The second-order valence-electron chi connectivity index (χ2n) is 3.91. The van der Waals surface area contributed by atoms with Crippen molar-refractivity contribution in [3.8, 4) is 11.5 Å². The highest BCUT2D eigenvalue weighted by Crippen LogP contribution is 2.20. The molecule has 1 heterocycles. The van der Waals surface area contributed by atoms with E-state index in [1.807, 2.05) is 0 Å². The van der Waals surface area contributed by atoms with Crippen LogP contribution in [-0.4, -0.2) is 29.4 Å². The third-order valence-corrected chi connectivity index (χ3v) is 2.69. The number of hydrogen-bond acceptors (Lipinski definition) is 5. The summed E-state index contributed by atoms with van der Waals surface area (Å²) in [7, 11) is 0. The lowest BCUT2D eigenvalue weighted by atomic mass is 10.2. The molecule has 2 rings (SSSR count). The molecule has 1 aromatic carbocycles. The van der Waals surface area contributed by atoms with Crippen molar-refractivity contribution in [1.29, 1.82) is 0 Å². The van der Waals surface area contributed by atoms with Gasteiger partial charge in [0.05, 0.1) is 6.61 Å². The third-order valence-electron chi connectivity index (χ3n) is 2.44. The molecule has 0 bridgehead atoms. The smallest absolute Gasteiger partial charge is 0.407 e. The Morgan fingerprint density at radius 1 is 1.35 bits per heavy atom. The van der Waals surface area contributed by atoms with Gasteiger partial charge < -0.3 is 14.5 Å². The number of carbonyl (C=O) groups is 1. The predicted octanol–water partition coefficient (Wildman–Crippen LogP) is 2.68. The second kappa shape index (κ2) is 6.91. The Balaban J connectivity index is 1.89. The van der Waals surface area contributed by atoms with Gasteiger partial charge in [0, 0.05) is 23.6 Å². The summed E-state index contributed by atoms with van der Waals surface area (Å²) in [6, 6.07) is 7.11. The Kier molecular flexibility index (Phi) is 4.95. The highest BCUT2D eigenvalue weighted by Gasteiger charge is 2.09. The largest absolute Gasteiger partial charge is 0.450 e. The SMILES string of the molecule is CCOC(=O)NCCc1nnc(-c2ccc(Cl)cc2)o1. The van der Waals surface area contributed by atoms with Crippen molar-refractivity contribution in [3.63, 3.8) is 0 Å². The third kappa shape index (κ3) is 3.96. The van der Waals surface area contributed by atoms with Crippen LogP contribution in [0.25, 0.3) is 11.5 Å². The number of aromatic nitrogens is 2. The molecule has 106 valence electrons. The number of hydrogen-bond donors (Lipinski definition) is 1. The molecule has 0 aliphatic carbocycles. The predicted molar refractivity (Wildman–Crippen MR) is 73.5 cm³/mol. The van der Waals surface area contributed by atoms with Crippen LogP contribution in [0.4, 0.5) is 4.79 Å². The Bertz CT molecular complexity index is 568. The number of rotatable bonds is 5. The lowest BCUT2D eigenvalue weighted by molar-refractivity contribution is 0.152. The van der Waals surface area contributed by atoms with E-state index in [9.17, 15) is 4.79 Å². The fraction of sp³-hybridized carbons (Fsp3) is 0.308. The summed E-state index contributed by atoms with van der Waals surface area (Å²) in [6.45, 7) is 2.46. The maximum absolute atomic E-state index is 11.1. The minimum Gasteiger partial charge on any atom is -0.450 e. The highest BCUT2D eigenvalue weighted by molar-refractivity contribution is 6.30. The molecular formula is C13H14ClN3O3. The molecule has 20 heavy (non-hydrogen) atoms. The summed E-state index contributed by atoms with van der Waals surface area (Å²) in [5, 5.41) is 11.1. The molecule has 1 N–H and O–H groups in total. The molecule has 0 unspecified atom stereocenters. The van der Waals surface area contributed by atoms with Crippen molar-refractivity contribution < 1.29 is 13.9 Å². The van der Waals surface area contributed by atoms with Crippen LogP contribution in [0.5, 0.6) is 0 Å². The molecule has 0 saturated heterocycles. The van der Waals surface area contributed by atoms with Crippen LogP contribution < -0.4 is 5.32 Å². The first-order chi connectivity index (χ1) is 9.69. The minimum atomic E-state index is -0.454. The molecule has 0 atom stereocenters. The summed E-state index contributed by atoms with van der Waals surface area (Å²) in [5.41, 5.74) is 0.798. The van der Waals surface area contributed by atoms with Crippen molar-refractivity contribution in [2.75, 3.05) is 13.2 Å². The lowest BCUT2D eigenvalue weighted by Crippen LogP contribution is -2.26. The lowest BCUT2D eigenvalue weighted by Gasteiger charge is -2.02. The van der Waals surface area contributed by atoms with Crippen molar-refractivity contribution in [3.05, 3.63) is 35.2 Å². The minimum absolute atomic E-state index is 0.340. The molecule has 6 nitrogen and oxygen atoms in total. The average Bonchev–Trinajstić information content (AvgIpc) is 2.89. The van der Waals surface area contributed by atoms with Crippen LogP contribution in [0.1, 0.15) is 12.8 Å². The summed E-state index contributed by atoms with van der Waals surface area (Å²) >= 11 is 5.81. The molecule has 0 spiro atoms. The molecule has 1 amide bonds. The summed E-state index contributed by atoms with van der Waals surface area (Å²) < 4.78 is 10.2. The quantitative estimate of drug-likeness (QED) is 0.917. The molecule has 0 aliphatic heterocycles. The van der Waals surface area contributed by atoms with E-state index in [0.29, 0.717) is 36.4 Å². The van der Waals surface area contributed by atoms with Gasteiger partial charge in [-0.1, -0.05) is 11.6 Å². The zero-order valence-corrected chi connectivity index (χ0v) is 11.7. The van der Waals surface area contributed by atoms with Crippen molar-refractivity contribution in [1.82, 2.24) is 15.5 Å². The molecule has 0 aliphatic rings. The van der Waals surface area contributed by atoms with Crippen LogP contribution in [0, 0.1) is 0 Å². The number of ether oxygens (including phenoxy) is 1. The Labute approximate surface area is 121 Å². The van der Waals surface area contributed by atoms with Gasteiger partial charge in [-0.25, -0.2) is 4.79 Å². The molecule has 2 aromatic rings. The number of benzene rings is 1. The molecule has 0 radical (unpaired) electrons. The van der Waals surface area contributed by atoms with Crippen molar-refractivity contribution in [2.45, 2.75) is 13.3 Å². The summed E-state index contributed by atoms with van der Waals surface area (Å²) in [4.78, 5) is 11.1. The van der Waals surface area contributed by atoms with Gasteiger partial charge in [-0.3, -0.25) is 0 Å². The van der Waals surface area contributed by atoms with E-state index in [1.54, 1.807) is 31.2 Å². The van der Waals surface area contributed by atoms with Gasteiger partial charge in [-0.05, 0) is 31.2 Å². The van der Waals surface area contributed by atoms with Crippen LogP contribution in [0.3, 0.4) is 0 Å². The number of halogens is 1. The summed E-state index contributed by atoms with van der Waals surface area (Å²) in [5.74, 6) is 0.875. The Morgan fingerprint density at radius 3 is 2.80 bits per heavy atom. The maximum atomic E-state index is 11.1. The van der Waals surface area contributed by atoms with Crippen LogP contribution in [-0.2, 0) is 11.2 Å². The van der Waals surface area contributed by atoms with Gasteiger partial charge in [0.25, 0.3) is 0 Å². The first-order valence-electron chi connectivity index (χ1n) is 6.18. The van der Waals surface area contributed by atoms with Crippen molar-refractivity contribution >= 4 is 17.7 Å². The van der Waals surface area contributed by atoms with E-state index in [1.165, 1.54) is 0 Å². The number of amides is 1. The zero-order valence-electron chi connectivity index (χ0n) is 10.9. The van der Waals surface area contributed by atoms with E-state index in [4.69, 9.17) is 20.8 Å². The van der Waals surface area contributed by atoms with Gasteiger partial charge >= 0.3 is 6.09 Å². The van der Waals surface area contributed by atoms with Crippen molar-refractivity contribution in [2.24, 2.45) is 0 Å². The van der Waals surface area contributed by atoms with E-state index in [2.05, 4.69) is 15.5 Å². The number of nitrogens with zero attached hydrogens (tertiary/aromatic N) is 2. The normalized spacial score (nSPS) is 10.3. The second-order valence-corrected chi connectivity index (χ2v) is 4.34. The van der Waals surface area contributed by atoms with Gasteiger partial charge in [0.15, 0.2) is 0 Å². The molecule has 7 heteroatoms. The van der Waals surface area contributed by atoms with Gasteiger partial charge in [-0.2, -0.15) is 0 Å². The van der Waals surface area contributed by atoms with E-state index in [0.717, 1.165) is 5.56 Å². The first-order valence-corrected chi connectivity index (χ1v) is 6.55. The van der Waals surface area contributed by atoms with Crippen LogP contribution in [0.15, 0.2) is 28.7 Å². The van der Waals surface area contributed by atoms with Crippen LogP contribution >= 0.6 is 11.6 Å². The number of nitrogens with one attached hydrogen (secondary N) is 1. The van der Waals surface area contributed by atoms with E-state index >= 15 is 0 Å². The standard InChI is InChI=1S/C13H14ClN3O3/c1-2-19-13(18)15-8-7-11-16-17-12(20-11)9-3-5-10(14)6-4-9/h3-6H,2,7-8H2,1H3,(H,15,18). The monoisotopic (exact) mass is 295 g/mol. The van der Waals surface area contributed by atoms with Gasteiger partial charge in [0.2, 0.25) is 11.8 Å². The van der Waals surface area contributed by atoms with Gasteiger partial charge in [-0.15, -0.1) is 10.2 Å². The first kappa shape index (κ1) is 14.3. The molecular weight excluding hydrogens is 282 g/mol. The zero-order chi connectivity index (χ0) is 14.4. The molecule has 0 fully saturated rings. The van der Waals surface area contributed by atoms with Gasteiger partial charge in [0.1, 0.15) is 0 Å². The fourth-order valence-corrected chi connectivity index (χ4v) is 1.64. The Morgan fingerprint density at radius 2 is 2.10 bits per heavy atom. The number of carbonyl (C=O) groups excluding carboxylic acids is 1. The fourth-order valence-electron chi connectivity index (χ4n) is 1.52. The van der Waals surface area contributed by atoms with Crippen LogP contribution in [0.2, 0.25) is 5.02 Å². The Hall–Kier alpha value is -2.08. The molecule has 1 aromatic heterocycles. The highest BCUT2D eigenvalue weighted by atomic mass is 35.5. The number of alkyl carbamates (subject to hydrolysis) is 1. The molecule has 0 saturated carbocycles. The summed E-state index contributed by atoms with van der Waals surface area (Å²) in [6.07, 6.45) is -0.00991.